The summed E-state index contributed by atoms with van der Waals surface area (Å²) in [6.07, 6.45) is 4.49. The molecule has 1 aromatic rings. The van der Waals surface area contributed by atoms with Gasteiger partial charge in [-0.2, -0.15) is 0 Å². The van der Waals surface area contributed by atoms with Gasteiger partial charge in [-0.1, -0.05) is 6.07 Å². The molecule has 1 saturated heterocycles. The van der Waals surface area contributed by atoms with E-state index in [1.165, 1.54) is 12.8 Å². The summed E-state index contributed by atoms with van der Waals surface area (Å²) in [5.41, 5.74) is 1.10. The van der Waals surface area contributed by atoms with E-state index in [9.17, 15) is 4.79 Å². The molecule has 0 atom stereocenters. The second-order valence-corrected chi connectivity index (χ2v) is 6.05. The summed E-state index contributed by atoms with van der Waals surface area (Å²) in [6, 6.07) is 6.02. The first kappa shape index (κ1) is 14.5. The lowest BCUT2D eigenvalue weighted by atomic mass is 10.2. The summed E-state index contributed by atoms with van der Waals surface area (Å²) in [7, 11) is 0. The van der Waals surface area contributed by atoms with Crippen molar-refractivity contribution >= 4 is 5.91 Å². The highest BCUT2D eigenvalue weighted by Gasteiger charge is 2.23. The third-order valence-electron chi connectivity index (χ3n) is 4.24. The Kier molecular flexibility index (Phi) is 4.83. The maximum atomic E-state index is 12.1. The Balaban J connectivity index is 1.36. The molecule has 2 aliphatic rings. The maximum Gasteiger partial charge on any atom is 0.236 e. The highest BCUT2D eigenvalue weighted by Crippen LogP contribution is 2.27. The van der Waals surface area contributed by atoms with Crippen LogP contribution in [0.15, 0.2) is 24.4 Å². The number of amides is 1. The van der Waals surface area contributed by atoms with Crippen LogP contribution >= 0.6 is 0 Å². The van der Waals surface area contributed by atoms with Crippen LogP contribution in [-0.2, 0) is 11.3 Å². The minimum absolute atomic E-state index is 0.244. The number of nitrogens with zero attached hydrogens (tertiary/aromatic N) is 3. The van der Waals surface area contributed by atoms with Crippen molar-refractivity contribution in [1.29, 1.82) is 0 Å². The van der Waals surface area contributed by atoms with Gasteiger partial charge in [0.1, 0.15) is 0 Å². The molecule has 114 valence electrons. The lowest BCUT2D eigenvalue weighted by Crippen LogP contribution is -2.50. The molecule has 5 heteroatoms. The zero-order chi connectivity index (χ0) is 14.5. The molecule has 1 amide bonds. The quantitative estimate of drug-likeness (QED) is 0.838. The molecule has 1 saturated carbocycles. The van der Waals surface area contributed by atoms with Gasteiger partial charge in [0.25, 0.3) is 0 Å². The molecule has 0 radical (unpaired) electrons. The van der Waals surface area contributed by atoms with E-state index in [0.29, 0.717) is 6.54 Å². The fourth-order valence-electron chi connectivity index (χ4n) is 2.69. The Morgan fingerprint density at radius 2 is 2.05 bits per heavy atom. The van der Waals surface area contributed by atoms with Crippen molar-refractivity contribution in [3.8, 4) is 0 Å². The lowest BCUT2D eigenvalue weighted by Gasteiger charge is -2.34. The minimum atomic E-state index is 0.244. The fraction of sp³-hybridized carbons (Fsp3) is 0.625. The summed E-state index contributed by atoms with van der Waals surface area (Å²) in [5, 5.41) is 3.28. The predicted molar refractivity (Wildman–Crippen MR) is 81.7 cm³/mol. The van der Waals surface area contributed by atoms with E-state index in [4.69, 9.17) is 0 Å². The van der Waals surface area contributed by atoms with Gasteiger partial charge in [-0.05, 0) is 37.4 Å². The number of piperazine rings is 1. The molecule has 5 nitrogen and oxygen atoms in total. The molecule has 21 heavy (non-hydrogen) atoms. The first-order chi connectivity index (χ1) is 10.3. The van der Waals surface area contributed by atoms with Crippen LogP contribution in [0.3, 0.4) is 0 Å². The van der Waals surface area contributed by atoms with E-state index < -0.39 is 0 Å². The van der Waals surface area contributed by atoms with Gasteiger partial charge >= 0.3 is 0 Å². The molecule has 0 bridgehead atoms. The Morgan fingerprint density at radius 3 is 2.71 bits per heavy atom. The standard InChI is InChI=1S/C16H24N4O/c21-16(12-17-11-14-4-5-14)20-9-7-19(8-10-20)13-15-3-1-2-6-18-15/h1-3,6,14,17H,4-5,7-13H2. The second kappa shape index (κ2) is 7.00. The maximum absolute atomic E-state index is 12.1. The van der Waals surface area contributed by atoms with Gasteiger partial charge in [-0.25, -0.2) is 0 Å². The molecule has 2 heterocycles. The number of carbonyl (C=O) groups excluding carboxylic acids is 1. The number of aromatic nitrogens is 1. The van der Waals surface area contributed by atoms with Crippen LogP contribution in [0.1, 0.15) is 18.5 Å². The molecule has 0 aromatic carbocycles. The summed E-state index contributed by atoms with van der Waals surface area (Å²) in [6.45, 7) is 5.91. The first-order valence-corrected chi connectivity index (χ1v) is 7.92. The average molecular weight is 288 g/mol. The summed E-state index contributed by atoms with van der Waals surface area (Å²) < 4.78 is 0. The molecule has 2 fully saturated rings. The van der Waals surface area contributed by atoms with Gasteiger partial charge in [0.15, 0.2) is 0 Å². The van der Waals surface area contributed by atoms with E-state index in [1.807, 2.05) is 23.2 Å². The summed E-state index contributed by atoms with van der Waals surface area (Å²) >= 11 is 0. The number of rotatable bonds is 6. The second-order valence-electron chi connectivity index (χ2n) is 6.05. The number of carbonyl (C=O) groups is 1. The van der Waals surface area contributed by atoms with Crippen LogP contribution in [0.25, 0.3) is 0 Å². The number of hydrogen-bond acceptors (Lipinski definition) is 4. The molecule has 0 spiro atoms. The Labute approximate surface area is 126 Å². The fourth-order valence-corrected chi connectivity index (χ4v) is 2.69. The zero-order valence-electron chi connectivity index (χ0n) is 12.5. The van der Waals surface area contributed by atoms with E-state index in [1.54, 1.807) is 0 Å². The van der Waals surface area contributed by atoms with Crippen LogP contribution in [0, 0.1) is 5.92 Å². The molecule has 1 aliphatic carbocycles. The molecule has 1 aliphatic heterocycles. The lowest BCUT2D eigenvalue weighted by molar-refractivity contribution is -0.132. The van der Waals surface area contributed by atoms with Gasteiger partial charge in [-0.3, -0.25) is 14.7 Å². The average Bonchev–Trinajstić information content (AvgIpc) is 3.33. The molecule has 3 rings (SSSR count). The summed E-state index contributed by atoms with van der Waals surface area (Å²) in [4.78, 5) is 20.8. The van der Waals surface area contributed by atoms with E-state index in [0.717, 1.165) is 50.9 Å². The number of hydrogen-bond donors (Lipinski definition) is 1. The van der Waals surface area contributed by atoms with Gasteiger partial charge in [0.2, 0.25) is 5.91 Å². The van der Waals surface area contributed by atoms with Crippen LogP contribution in [0.2, 0.25) is 0 Å². The zero-order valence-corrected chi connectivity index (χ0v) is 12.5. The van der Waals surface area contributed by atoms with Gasteiger partial charge < -0.3 is 10.2 Å². The number of pyridine rings is 1. The van der Waals surface area contributed by atoms with Gasteiger partial charge in [0.05, 0.1) is 12.2 Å². The topological polar surface area (TPSA) is 48.5 Å². The monoisotopic (exact) mass is 288 g/mol. The van der Waals surface area contributed by atoms with Crippen molar-refractivity contribution in [3.63, 3.8) is 0 Å². The van der Waals surface area contributed by atoms with Crippen molar-refractivity contribution in [2.45, 2.75) is 19.4 Å². The first-order valence-electron chi connectivity index (χ1n) is 7.92. The third-order valence-corrected chi connectivity index (χ3v) is 4.24. The molecule has 1 aromatic heterocycles. The van der Waals surface area contributed by atoms with E-state index in [-0.39, 0.29) is 5.91 Å². The highest BCUT2D eigenvalue weighted by atomic mass is 16.2. The molecular weight excluding hydrogens is 264 g/mol. The number of nitrogens with one attached hydrogen (secondary N) is 1. The predicted octanol–water partition coefficient (Wildman–Crippen LogP) is 0.725. The van der Waals surface area contributed by atoms with Gasteiger partial charge in [-0.15, -0.1) is 0 Å². The smallest absolute Gasteiger partial charge is 0.236 e. The Morgan fingerprint density at radius 1 is 1.24 bits per heavy atom. The van der Waals surface area contributed by atoms with Crippen LogP contribution in [-0.4, -0.2) is 60.0 Å². The van der Waals surface area contributed by atoms with Crippen LogP contribution < -0.4 is 5.32 Å². The molecular formula is C16H24N4O. The van der Waals surface area contributed by atoms with Crippen molar-refractivity contribution in [2.75, 3.05) is 39.3 Å². The largest absolute Gasteiger partial charge is 0.339 e. The van der Waals surface area contributed by atoms with E-state index >= 15 is 0 Å². The Hall–Kier alpha value is -1.46. The van der Waals surface area contributed by atoms with Crippen molar-refractivity contribution < 1.29 is 4.79 Å². The van der Waals surface area contributed by atoms with Crippen LogP contribution in [0.4, 0.5) is 0 Å². The summed E-state index contributed by atoms with van der Waals surface area (Å²) in [5.74, 6) is 1.07. The molecule has 0 unspecified atom stereocenters. The Bertz CT molecular complexity index is 453. The normalized spacial score (nSPS) is 19.7. The van der Waals surface area contributed by atoms with Gasteiger partial charge in [0, 0.05) is 38.9 Å². The minimum Gasteiger partial charge on any atom is -0.339 e. The molecule has 1 N–H and O–H groups in total. The van der Waals surface area contributed by atoms with Crippen molar-refractivity contribution in [2.24, 2.45) is 5.92 Å². The van der Waals surface area contributed by atoms with Crippen LogP contribution in [0.5, 0.6) is 0 Å². The highest BCUT2D eigenvalue weighted by molar-refractivity contribution is 5.78. The van der Waals surface area contributed by atoms with Crippen molar-refractivity contribution in [1.82, 2.24) is 20.1 Å². The van der Waals surface area contributed by atoms with E-state index in [2.05, 4.69) is 21.3 Å². The van der Waals surface area contributed by atoms with Crippen molar-refractivity contribution in [3.05, 3.63) is 30.1 Å². The SMILES string of the molecule is O=C(CNCC1CC1)N1CCN(Cc2ccccn2)CC1. The third kappa shape index (κ3) is 4.51.